The monoisotopic (exact) mass is 677 g/mol. The van der Waals surface area contributed by atoms with Gasteiger partial charge in [0, 0.05) is 0 Å². The molecule has 49 heavy (non-hydrogen) atoms. The molecule has 0 aliphatic rings. The summed E-state index contributed by atoms with van der Waals surface area (Å²) in [6.45, 7) is 7.38. The molecule has 0 bridgehead atoms. The van der Waals surface area contributed by atoms with Crippen LogP contribution in [-0.4, -0.2) is 39.2 Å². The minimum absolute atomic E-state index is 0.0419. The van der Waals surface area contributed by atoms with Crippen LogP contribution in [0, 0.1) is 6.92 Å². The van der Waals surface area contributed by atoms with Gasteiger partial charge in [-0.3, -0.25) is 14.3 Å². The molecule has 0 amide bonds. The molecule has 254 valence electrons. The maximum Gasteiger partial charge on any atom is 0.324 e. The molecular formula is C41H43NO6S. The molecule has 0 saturated carbocycles. The standard InChI is InChI=1S/C41H43NO6S/c1-31-20-26-37(27-21-31)49(44,45)47-29-28-46-36-24-22-32(23-25-36)30-38(39(43)48-40(2,3)4)42-41(33-14-8-5-9-15-33,34-16-10-6-11-17-34)35-18-12-7-13-19-35/h5-27,38,42H,28-30H2,1-4H3/t38-/m1/s1. The van der Waals surface area contributed by atoms with Crippen molar-refractivity contribution in [1.82, 2.24) is 5.32 Å². The average molecular weight is 678 g/mol. The Labute approximate surface area is 290 Å². The molecule has 0 unspecified atom stereocenters. The van der Waals surface area contributed by atoms with Crippen molar-refractivity contribution >= 4 is 16.1 Å². The molecule has 8 heteroatoms. The predicted octanol–water partition coefficient (Wildman–Crippen LogP) is 7.61. The number of carbonyl (C=O) groups is 1. The number of esters is 1. The van der Waals surface area contributed by atoms with E-state index in [4.69, 9.17) is 13.7 Å². The Morgan fingerprint density at radius 2 is 1.16 bits per heavy atom. The van der Waals surface area contributed by atoms with E-state index in [0.717, 1.165) is 27.8 Å². The molecule has 0 saturated heterocycles. The summed E-state index contributed by atoms with van der Waals surface area (Å²) in [6, 6.07) is 43.5. The van der Waals surface area contributed by atoms with Gasteiger partial charge in [0.05, 0.1) is 10.4 Å². The smallest absolute Gasteiger partial charge is 0.324 e. The molecule has 0 spiro atoms. The zero-order valence-electron chi connectivity index (χ0n) is 28.3. The number of carbonyl (C=O) groups excluding carboxylic acids is 1. The zero-order valence-corrected chi connectivity index (χ0v) is 29.2. The van der Waals surface area contributed by atoms with Gasteiger partial charge in [-0.1, -0.05) is 121 Å². The third-order valence-electron chi connectivity index (χ3n) is 7.97. The number of hydrogen-bond donors (Lipinski definition) is 1. The highest BCUT2D eigenvalue weighted by molar-refractivity contribution is 7.86. The maximum atomic E-state index is 14.0. The number of nitrogens with one attached hydrogen (secondary N) is 1. The highest BCUT2D eigenvalue weighted by atomic mass is 32.2. The van der Waals surface area contributed by atoms with Crippen molar-refractivity contribution < 1.29 is 26.9 Å². The molecule has 1 atom stereocenters. The predicted molar refractivity (Wildman–Crippen MR) is 192 cm³/mol. The summed E-state index contributed by atoms with van der Waals surface area (Å²) in [5, 5.41) is 3.80. The molecule has 7 nitrogen and oxygen atoms in total. The van der Waals surface area contributed by atoms with E-state index in [-0.39, 0.29) is 24.1 Å². The number of rotatable bonds is 14. The van der Waals surface area contributed by atoms with Crippen molar-refractivity contribution in [2.45, 2.75) is 56.2 Å². The van der Waals surface area contributed by atoms with Crippen LogP contribution in [-0.2, 0) is 35.8 Å². The largest absolute Gasteiger partial charge is 0.491 e. The second-order valence-corrected chi connectivity index (χ2v) is 14.5. The quantitative estimate of drug-likeness (QED) is 0.0560. The van der Waals surface area contributed by atoms with E-state index in [2.05, 4.69) is 41.7 Å². The van der Waals surface area contributed by atoms with Crippen LogP contribution in [0.15, 0.2) is 144 Å². The van der Waals surface area contributed by atoms with Gasteiger partial charge in [-0.25, -0.2) is 0 Å². The lowest BCUT2D eigenvalue weighted by Crippen LogP contribution is -2.54. The highest BCUT2D eigenvalue weighted by Gasteiger charge is 2.41. The highest BCUT2D eigenvalue weighted by Crippen LogP contribution is 2.38. The fourth-order valence-corrected chi connectivity index (χ4v) is 6.57. The van der Waals surface area contributed by atoms with Crippen LogP contribution in [0.2, 0.25) is 0 Å². The van der Waals surface area contributed by atoms with E-state index in [1.54, 1.807) is 24.3 Å². The van der Waals surface area contributed by atoms with Crippen LogP contribution in [0.1, 0.15) is 48.6 Å². The van der Waals surface area contributed by atoms with Crippen LogP contribution in [0.3, 0.4) is 0 Å². The number of benzene rings is 5. The topological polar surface area (TPSA) is 90.9 Å². The van der Waals surface area contributed by atoms with Crippen molar-refractivity contribution in [1.29, 1.82) is 0 Å². The summed E-state index contributed by atoms with van der Waals surface area (Å²) in [5.41, 5.74) is 3.22. The summed E-state index contributed by atoms with van der Waals surface area (Å²) in [6.07, 6.45) is 0.335. The molecule has 1 N–H and O–H groups in total. The first kappa shape index (κ1) is 35.5. The van der Waals surface area contributed by atoms with Crippen molar-refractivity contribution in [3.63, 3.8) is 0 Å². The number of hydrogen-bond acceptors (Lipinski definition) is 7. The zero-order chi connectivity index (χ0) is 34.9. The first-order chi connectivity index (χ1) is 23.5. The van der Waals surface area contributed by atoms with Gasteiger partial charge in [-0.2, -0.15) is 8.42 Å². The molecule has 0 aromatic heterocycles. The molecule has 5 rings (SSSR count). The Hall–Kier alpha value is -4.76. The number of ether oxygens (including phenoxy) is 2. The van der Waals surface area contributed by atoms with Gasteiger partial charge >= 0.3 is 5.97 Å². The van der Waals surface area contributed by atoms with Crippen LogP contribution in [0.4, 0.5) is 0 Å². The SMILES string of the molecule is Cc1ccc(S(=O)(=O)OCCOc2ccc(C[C@@H](NC(c3ccccc3)(c3ccccc3)c3ccccc3)C(=O)OC(C)(C)C)cc2)cc1. The normalized spacial score (nSPS) is 12.7. The summed E-state index contributed by atoms with van der Waals surface area (Å²) in [7, 11) is -3.88. The average Bonchev–Trinajstić information content (AvgIpc) is 3.10. The first-order valence-electron chi connectivity index (χ1n) is 16.3. The van der Waals surface area contributed by atoms with E-state index < -0.39 is 27.3 Å². The summed E-state index contributed by atoms with van der Waals surface area (Å²) < 4.78 is 41.9. The van der Waals surface area contributed by atoms with E-state index in [0.29, 0.717) is 12.2 Å². The second kappa shape index (κ2) is 15.6. The maximum absolute atomic E-state index is 14.0. The molecule has 0 aliphatic heterocycles. The molecular weight excluding hydrogens is 635 g/mol. The first-order valence-corrected chi connectivity index (χ1v) is 17.7. The minimum Gasteiger partial charge on any atom is -0.491 e. The molecule has 0 fully saturated rings. The molecule has 0 radical (unpaired) electrons. The Bertz CT molecular complexity index is 1790. The second-order valence-electron chi connectivity index (χ2n) is 12.9. The van der Waals surface area contributed by atoms with Gasteiger partial charge in [-0.15, -0.1) is 0 Å². The van der Waals surface area contributed by atoms with Crippen molar-refractivity contribution in [2.24, 2.45) is 0 Å². The summed E-state index contributed by atoms with van der Waals surface area (Å²) in [4.78, 5) is 14.1. The lowest BCUT2D eigenvalue weighted by molar-refractivity contribution is -0.157. The lowest BCUT2D eigenvalue weighted by atomic mass is 9.76. The molecule has 5 aromatic rings. The fourth-order valence-electron chi connectivity index (χ4n) is 5.68. The van der Waals surface area contributed by atoms with Crippen molar-refractivity contribution in [2.75, 3.05) is 13.2 Å². The minimum atomic E-state index is -3.88. The summed E-state index contributed by atoms with van der Waals surface area (Å²) >= 11 is 0. The third-order valence-corrected chi connectivity index (χ3v) is 9.29. The van der Waals surface area contributed by atoms with E-state index in [1.165, 1.54) is 12.1 Å². The van der Waals surface area contributed by atoms with Crippen molar-refractivity contribution in [3.05, 3.63) is 167 Å². The van der Waals surface area contributed by atoms with Crippen molar-refractivity contribution in [3.8, 4) is 5.75 Å². The number of aryl methyl sites for hydroxylation is 1. The van der Waals surface area contributed by atoms with Gasteiger partial charge in [0.25, 0.3) is 10.1 Å². The molecule has 0 heterocycles. The Balaban J connectivity index is 1.38. The van der Waals surface area contributed by atoms with Gasteiger partial charge in [0.1, 0.15) is 30.6 Å². The summed E-state index contributed by atoms with van der Waals surface area (Å²) in [5.74, 6) is 0.181. The fraction of sp³-hybridized carbons (Fsp3) is 0.244. The van der Waals surface area contributed by atoms with Gasteiger partial charge in [0.15, 0.2) is 0 Å². The van der Waals surface area contributed by atoms with Gasteiger partial charge < -0.3 is 9.47 Å². The van der Waals surface area contributed by atoms with E-state index >= 15 is 0 Å². The van der Waals surface area contributed by atoms with Crippen LogP contribution >= 0.6 is 0 Å². The van der Waals surface area contributed by atoms with E-state index in [1.807, 2.05) is 94.4 Å². The Morgan fingerprint density at radius 1 is 0.673 bits per heavy atom. The Morgan fingerprint density at radius 3 is 1.63 bits per heavy atom. The Kier molecular flexibility index (Phi) is 11.3. The van der Waals surface area contributed by atoms with E-state index in [9.17, 15) is 13.2 Å². The van der Waals surface area contributed by atoms with Crippen LogP contribution in [0.25, 0.3) is 0 Å². The molecule has 5 aromatic carbocycles. The van der Waals surface area contributed by atoms with Gasteiger partial charge in [0.2, 0.25) is 0 Å². The van der Waals surface area contributed by atoms with Crippen LogP contribution in [0.5, 0.6) is 5.75 Å². The van der Waals surface area contributed by atoms with Crippen LogP contribution < -0.4 is 10.1 Å². The lowest BCUT2D eigenvalue weighted by Gasteiger charge is -2.40. The molecule has 0 aliphatic carbocycles. The third kappa shape index (κ3) is 9.23. The van der Waals surface area contributed by atoms with Gasteiger partial charge in [-0.05, 0) is 80.6 Å².